The van der Waals surface area contributed by atoms with Crippen molar-refractivity contribution in [3.8, 4) is 11.5 Å². The van der Waals surface area contributed by atoms with E-state index in [9.17, 15) is 26.4 Å². The Hall–Kier alpha value is -3.16. The maximum atomic E-state index is 12.5. The number of ether oxygens (including phenoxy) is 1. The van der Waals surface area contributed by atoms with Gasteiger partial charge in [-0.1, -0.05) is 38.1 Å². The summed E-state index contributed by atoms with van der Waals surface area (Å²) in [4.78, 5) is 24.3. The minimum Gasteiger partial charge on any atom is -0.423 e. The number of para-hydroxylation sites is 1. The van der Waals surface area contributed by atoms with E-state index >= 15 is 0 Å². The first-order valence-corrected chi connectivity index (χ1v) is 13.4. The summed E-state index contributed by atoms with van der Waals surface area (Å²) in [5.74, 6) is -1.72. The zero-order chi connectivity index (χ0) is 25.3. The predicted octanol–water partition coefficient (Wildman–Crippen LogP) is 0.686. The Balaban J connectivity index is 2.02. The summed E-state index contributed by atoms with van der Waals surface area (Å²) in [6, 6.07) is 9.95. The van der Waals surface area contributed by atoms with Crippen LogP contribution in [0.15, 0.2) is 42.5 Å². The van der Waals surface area contributed by atoms with Crippen LogP contribution in [-0.4, -0.2) is 47.6 Å². The lowest BCUT2D eigenvalue weighted by Crippen LogP contribution is -2.39. The van der Waals surface area contributed by atoms with Gasteiger partial charge in [-0.2, -0.15) is 16.8 Å². The van der Waals surface area contributed by atoms with E-state index in [2.05, 4.69) is 0 Å². The molecule has 34 heavy (non-hydrogen) atoms. The standard InChI is InChI=1S/C21H25N3O8S2/c1-13(2)20(22)21(26)31-18-11-14(8-9-16(18)24-12-19(25)23-34(24,29)30)10-15-6-4-5-7-17(15)32-33(3,27)28/h4-9,11,13,20H,10,12,22H2,1-3H3,(H,23,25). The molecule has 1 amide bonds. The van der Waals surface area contributed by atoms with Crippen molar-refractivity contribution in [2.75, 3.05) is 17.1 Å². The summed E-state index contributed by atoms with van der Waals surface area (Å²) >= 11 is 0. The summed E-state index contributed by atoms with van der Waals surface area (Å²) in [5, 5.41) is 0. The van der Waals surface area contributed by atoms with Crippen LogP contribution in [0.2, 0.25) is 0 Å². The minimum atomic E-state index is -4.16. The first kappa shape index (κ1) is 25.5. The highest BCUT2D eigenvalue weighted by Gasteiger charge is 2.36. The van der Waals surface area contributed by atoms with Crippen molar-refractivity contribution in [2.24, 2.45) is 11.7 Å². The fraction of sp³-hybridized carbons (Fsp3) is 0.333. The average molecular weight is 512 g/mol. The molecule has 3 N–H and O–H groups in total. The van der Waals surface area contributed by atoms with E-state index in [0.717, 1.165) is 10.6 Å². The molecule has 3 rings (SSSR count). The molecule has 2 aromatic rings. The van der Waals surface area contributed by atoms with Crippen LogP contribution in [0.4, 0.5) is 5.69 Å². The third-order valence-electron chi connectivity index (χ3n) is 4.92. The van der Waals surface area contributed by atoms with Crippen LogP contribution < -0.4 is 23.7 Å². The molecule has 1 atom stereocenters. The molecule has 13 heteroatoms. The fourth-order valence-corrected chi connectivity index (χ4v) is 4.83. The van der Waals surface area contributed by atoms with Gasteiger partial charge in [0.05, 0.1) is 11.9 Å². The van der Waals surface area contributed by atoms with Gasteiger partial charge >= 0.3 is 26.3 Å². The smallest absolute Gasteiger partial charge is 0.328 e. The van der Waals surface area contributed by atoms with Crippen molar-refractivity contribution >= 4 is 37.9 Å². The number of hydrogen-bond donors (Lipinski definition) is 2. The molecule has 1 unspecified atom stereocenters. The first-order valence-electron chi connectivity index (χ1n) is 10.2. The summed E-state index contributed by atoms with van der Waals surface area (Å²) < 4.78 is 61.1. The summed E-state index contributed by atoms with van der Waals surface area (Å²) in [6.07, 6.45) is 1.11. The molecule has 184 valence electrons. The Morgan fingerprint density at radius 2 is 1.85 bits per heavy atom. The molecule has 0 aliphatic carbocycles. The zero-order valence-electron chi connectivity index (χ0n) is 18.7. The number of carbonyl (C=O) groups excluding carboxylic acids is 2. The third kappa shape index (κ3) is 6.04. The van der Waals surface area contributed by atoms with Crippen LogP contribution >= 0.6 is 0 Å². The Labute approximate surface area is 198 Å². The van der Waals surface area contributed by atoms with E-state index in [1.54, 1.807) is 38.1 Å². The Morgan fingerprint density at radius 3 is 2.44 bits per heavy atom. The van der Waals surface area contributed by atoms with Crippen LogP contribution in [-0.2, 0) is 36.3 Å². The van der Waals surface area contributed by atoms with Crippen LogP contribution in [0.1, 0.15) is 25.0 Å². The van der Waals surface area contributed by atoms with E-state index in [1.165, 1.54) is 18.2 Å². The number of esters is 1. The number of nitrogens with zero attached hydrogens (tertiary/aromatic N) is 1. The molecule has 0 radical (unpaired) electrons. The summed E-state index contributed by atoms with van der Waals surface area (Å²) in [7, 11) is -7.92. The lowest BCUT2D eigenvalue weighted by atomic mass is 10.0. The van der Waals surface area contributed by atoms with E-state index in [0.29, 0.717) is 11.1 Å². The van der Waals surface area contributed by atoms with Crippen molar-refractivity contribution in [1.29, 1.82) is 0 Å². The monoisotopic (exact) mass is 511 g/mol. The van der Waals surface area contributed by atoms with Crippen molar-refractivity contribution in [3.05, 3.63) is 53.6 Å². The largest absolute Gasteiger partial charge is 0.423 e. The summed E-state index contributed by atoms with van der Waals surface area (Å²) in [5.41, 5.74) is 6.95. The highest BCUT2D eigenvalue weighted by Crippen LogP contribution is 2.34. The lowest BCUT2D eigenvalue weighted by molar-refractivity contribution is -0.136. The maximum Gasteiger partial charge on any atom is 0.328 e. The number of benzene rings is 2. The minimum absolute atomic E-state index is 0.0212. The van der Waals surface area contributed by atoms with Gasteiger partial charge in [0.1, 0.15) is 18.3 Å². The number of hydrogen-bond acceptors (Lipinski definition) is 9. The molecule has 1 aliphatic rings. The normalized spacial score (nSPS) is 16.3. The average Bonchev–Trinajstić information content (AvgIpc) is 2.99. The molecule has 1 aliphatic heterocycles. The van der Waals surface area contributed by atoms with Gasteiger partial charge in [-0.3, -0.25) is 4.79 Å². The van der Waals surface area contributed by atoms with Crippen molar-refractivity contribution in [1.82, 2.24) is 4.72 Å². The molecule has 0 bridgehead atoms. The topological polar surface area (TPSA) is 162 Å². The molecule has 2 aromatic carbocycles. The van der Waals surface area contributed by atoms with Gasteiger partial charge in [0.25, 0.3) is 5.91 Å². The highest BCUT2D eigenvalue weighted by atomic mass is 32.2. The predicted molar refractivity (Wildman–Crippen MR) is 124 cm³/mol. The Morgan fingerprint density at radius 1 is 1.18 bits per heavy atom. The molecule has 0 spiro atoms. The van der Waals surface area contributed by atoms with E-state index in [-0.39, 0.29) is 29.5 Å². The second-order valence-corrected chi connectivity index (χ2v) is 11.3. The van der Waals surface area contributed by atoms with Crippen molar-refractivity contribution in [3.63, 3.8) is 0 Å². The summed E-state index contributed by atoms with van der Waals surface area (Å²) in [6.45, 7) is 2.98. The Bertz CT molecular complexity index is 1320. The number of anilines is 1. The molecule has 1 fully saturated rings. The van der Waals surface area contributed by atoms with Crippen LogP contribution in [0.3, 0.4) is 0 Å². The second kappa shape index (κ2) is 9.60. The number of rotatable bonds is 8. The number of nitrogens with two attached hydrogens (primary N) is 1. The van der Waals surface area contributed by atoms with Crippen molar-refractivity contribution < 1.29 is 35.3 Å². The maximum absolute atomic E-state index is 12.5. The lowest BCUT2D eigenvalue weighted by Gasteiger charge is -2.21. The number of nitrogens with one attached hydrogen (secondary N) is 1. The second-order valence-electron chi connectivity index (χ2n) is 8.10. The number of amides is 1. The van der Waals surface area contributed by atoms with E-state index < -0.39 is 44.8 Å². The van der Waals surface area contributed by atoms with Gasteiger partial charge in [-0.05, 0) is 29.7 Å². The number of carbonyl (C=O) groups is 2. The van der Waals surface area contributed by atoms with Gasteiger partial charge in [-0.15, -0.1) is 0 Å². The first-order chi connectivity index (χ1) is 15.8. The molecular formula is C21H25N3O8S2. The van der Waals surface area contributed by atoms with Crippen LogP contribution in [0.5, 0.6) is 11.5 Å². The highest BCUT2D eigenvalue weighted by molar-refractivity contribution is 7.92. The van der Waals surface area contributed by atoms with Gasteiger partial charge in [0.2, 0.25) is 0 Å². The molecule has 11 nitrogen and oxygen atoms in total. The van der Waals surface area contributed by atoms with Crippen LogP contribution in [0, 0.1) is 5.92 Å². The van der Waals surface area contributed by atoms with Crippen molar-refractivity contribution in [2.45, 2.75) is 26.3 Å². The fourth-order valence-electron chi connectivity index (χ4n) is 3.18. The quantitative estimate of drug-likeness (QED) is 0.295. The molecule has 0 aromatic heterocycles. The SMILES string of the molecule is CC(C)C(N)C(=O)Oc1cc(Cc2ccccc2OS(C)(=O)=O)ccc1N1CC(=O)NS1(=O)=O. The van der Waals surface area contributed by atoms with E-state index in [1.807, 2.05) is 4.72 Å². The van der Waals surface area contributed by atoms with E-state index in [4.69, 9.17) is 14.7 Å². The molecule has 0 saturated carbocycles. The molecule has 1 heterocycles. The molecule has 1 saturated heterocycles. The zero-order valence-corrected chi connectivity index (χ0v) is 20.4. The van der Waals surface area contributed by atoms with Gasteiger partial charge < -0.3 is 14.7 Å². The van der Waals surface area contributed by atoms with Gasteiger partial charge in [0, 0.05) is 12.0 Å². The molecular weight excluding hydrogens is 486 g/mol. The van der Waals surface area contributed by atoms with Gasteiger partial charge in [-0.25, -0.2) is 13.8 Å². The Kier molecular flexibility index (Phi) is 7.19. The van der Waals surface area contributed by atoms with Crippen LogP contribution in [0.25, 0.3) is 0 Å². The third-order valence-corrected chi connectivity index (χ3v) is 6.80. The van der Waals surface area contributed by atoms with Gasteiger partial charge in [0.15, 0.2) is 5.75 Å².